The number of pyridine rings is 1. The molecule has 0 aliphatic carbocycles. The fourth-order valence-electron chi connectivity index (χ4n) is 2.51. The highest BCUT2D eigenvalue weighted by Gasteiger charge is 2.21. The number of nitrogens with zero attached hydrogens (tertiary/aromatic N) is 2. The van der Waals surface area contributed by atoms with E-state index < -0.39 is 0 Å². The van der Waals surface area contributed by atoms with Gasteiger partial charge in [0.05, 0.1) is 18.3 Å². The number of ether oxygens (including phenoxy) is 1. The van der Waals surface area contributed by atoms with Gasteiger partial charge in [-0.1, -0.05) is 0 Å². The topological polar surface area (TPSA) is 76.8 Å². The predicted octanol–water partition coefficient (Wildman–Crippen LogP) is 2.92. The van der Waals surface area contributed by atoms with Crippen molar-refractivity contribution < 1.29 is 9.13 Å². The number of aromatic nitrogens is 3. The first-order chi connectivity index (χ1) is 11.2. The van der Waals surface area contributed by atoms with Crippen molar-refractivity contribution in [2.75, 3.05) is 13.7 Å². The third-order valence-electron chi connectivity index (χ3n) is 3.60. The highest BCUT2D eigenvalue weighted by Crippen LogP contribution is 2.35. The molecule has 2 aromatic heterocycles. The maximum Gasteiger partial charge on any atom is 0.123 e. The van der Waals surface area contributed by atoms with Crippen LogP contribution in [0.1, 0.15) is 11.7 Å². The number of benzene rings is 1. The molecular weight excluding hydrogens is 295 g/mol. The average Bonchev–Trinajstić information content (AvgIpc) is 3.01. The van der Waals surface area contributed by atoms with Gasteiger partial charge in [-0.3, -0.25) is 10.1 Å². The Balaban J connectivity index is 2.15. The molecular formula is C17H17FN4O. The molecule has 3 aromatic rings. The van der Waals surface area contributed by atoms with Gasteiger partial charge in [-0.2, -0.15) is 5.10 Å². The van der Waals surface area contributed by atoms with Gasteiger partial charge in [-0.05, 0) is 42.0 Å². The molecule has 23 heavy (non-hydrogen) atoms. The number of hydrogen-bond acceptors (Lipinski definition) is 4. The van der Waals surface area contributed by atoms with E-state index in [2.05, 4.69) is 15.2 Å². The van der Waals surface area contributed by atoms with Crippen LogP contribution < -0.4 is 5.73 Å². The van der Waals surface area contributed by atoms with E-state index in [-0.39, 0.29) is 11.9 Å². The Morgan fingerprint density at radius 1 is 1.13 bits per heavy atom. The Bertz CT molecular complexity index is 771. The quantitative estimate of drug-likeness (QED) is 0.759. The molecule has 3 N–H and O–H groups in total. The summed E-state index contributed by atoms with van der Waals surface area (Å²) in [5.41, 5.74) is 10.3. The Morgan fingerprint density at radius 2 is 1.83 bits per heavy atom. The lowest BCUT2D eigenvalue weighted by Gasteiger charge is -2.12. The Labute approximate surface area is 133 Å². The minimum Gasteiger partial charge on any atom is -0.383 e. The zero-order valence-corrected chi connectivity index (χ0v) is 12.7. The van der Waals surface area contributed by atoms with E-state index in [1.165, 1.54) is 12.1 Å². The third-order valence-corrected chi connectivity index (χ3v) is 3.60. The van der Waals surface area contributed by atoms with Crippen LogP contribution in [0.2, 0.25) is 0 Å². The van der Waals surface area contributed by atoms with Crippen LogP contribution in [0.25, 0.3) is 22.4 Å². The molecule has 0 radical (unpaired) electrons. The van der Waals surface area contributed by atoms with E-state index in [0.29, 0.717) is 6.61 Å². The number of rotatable bonds is 5. The first kappa shape index (κ1) is 15.3. The van der Waals surface area contributed by atoms with Crippen molar-refractivity contribution in [2.45, 2.75) is 6.04 Å². The third kappa shape index (κ3) is 3.13. The lowest BCUT2D eigenvalue weighted by molar-refractivity contribution is 0.179. The zero-order chi connectivity index (χ0) is 16.2. The summed E-state index contributed by atoms with van der Waals surface area (Å²) in [4.78, 5) is 4.04. The van der Waals surface area contributed by atoms with Crippen molar-refractivity contribution in [1.82, 2.24) is 15.2 Å². The van der Waals surface area contributed by atoms with Gasteiger partial charge in [0, 0.05) is 30.6 Å². The van der Waals surface area contributed by atoms with Crippen molar-refractivity contribution in [1.29, 1.82) is 0 Å². The summed E-state index contributed by atoms with van der Waals surface area (Å²) in [7, 11) is 1.60. The maximum absolute atomic E-state index is 13.2. The average molecular weight is 312 g/mol. The molecule has 0 unspecified atom stereocenters. The minimum atomic E-state index is -0.343. The number of aromatic amines is 1. The number of nitrogens with one attached hydrogen (secondary N) is 1. The summed E-state index contributed by atoms with van der Waals surface area (Å²) in [5.74, 6) is -0.286. The van der Waals surface area contributed by atoms with Crippen molar-refractivity contribution in [3.8, 4) is 22.4 Å². The van der Waals surface area contributed by atoms with Crippen LogP contribution in [-0.2, 0) is 4.74 Å². The van der Waals surface area contributed by atoms with Gasteiger partial charge in [0.15, 0.2) is 0 Å². The molecule has 1 aromatic carbocycles. The first-order valence-electron chi connectivity index (χ1n) is 7.20. The van der Waals surface area contributed by atoms with Gasteiger partial charge in [-0.15, -0.1) is 0 Å². The molecule has 0 aliphatic heterocycles. The van der Waals surface area contributed by atoms with Crippen LogP contribution in [0.4, 0.5) is 4.39 Å². The summed E-state index contributed by atoms with van der Waals surface area (Å²) in [6, 6.07) is 9.65. The van der Waals surface area contributed by atoms with Crippen molar-refractivity contribution in [2.24, 2.45) is 5.73 Å². The van der Waals surface area contributed by atoms with E-state index in [9.17, 15) is 4.39 Å². The lowest BCUT2D eigenvalue weighted by Crippen LogP contribution is -2.17. The van der Waals surface area contributed by atoms with Gasteiger partial charge >= 0.3 is 0 Å². The van der Waals surface area contributed by atoms with Crippen molar-refractivity contribution in [3.05, 3.63) is 60.3 Å². The van der Waals surface area contributed by atoms with Crippen LogP contribution >= 0.6 is 0 Å². The monoisotopic (exact) mass is 312 g/mol. The Hall–Kier alpha value is -2.57. The van der Waals surface area contributed by atoms with E-state index in [4.69, 9.17) is 10.5 Å². The van der Waals surface area contributed by atoms with Gasteiger partial charge in [-0.25, -0.2) is 4.39 Å². The van der Waals surface area contributed by atoms with E-state index in [0.717, 1.165) is 28.1 Å². The fraction of sp³-hybridized carbons (Fsp3) is 0.176. The SMILES string of the molecule is COC[C@H](N)c1[nH]nc(-c2ccc(F)cc2)c1-c1ccncc1. The molecule has 2 heterocycles. The summed E-state index contributed by atoms with van der Waals surface area (Å²) in [5, 5.41) is 7.39. The fourth-order valence-corrected chi connectivity index (χ4v) is 2.51. The lowest BCUT2D eigenvalue weighted by atomic mass is 9.97. The molecule has 0 saturated heterocycles. The van der Waals surface area contributed by atoms with Gasteiger partial charge in [0.2, 0.25) is 0 Å². The number of hydrogen-bond donors (Lipinski definition) is 2. The number of halogens is 1. The molecule has 6 heteroatoms. The summed E-state index contributed by atoms with van der Waals surface area (Å²) in [6.45, 7) is 0.364. The van der Waals surface area contributed by atoms with Crippen molar-refractivity contribution in [3.63, 3.8) is 0 Å². The second kappa shape index (κ2) is 6.68. The molecule has 0 saturated carbocycles. The van der Waals surface area contributed by atoms with E-state index in [1.54, 1.807) is 31.6 Å². The predicted molar refractivity (Wildman–Crippen MR) is 86.0 cm³/mol. The van der Waals surface area contributed by atoms with Crippen LogP contribution in [0.3, 0.4) is 0 Å². The second-order valence-electron chi connectivity index (χ2n) is 5.17. The molecule has 118 valence electrons. The minimum absolute atomic E-state index is 0.286. The van der Waals surface area contributed by atoms with Gasteiger partial charge in [0.1, 0.15) is 11.5 Å². The van der Waals surface area contributed by atoms with E-state index >= 15 is 0 Å². The van der Waals surface area contributed by atoms with Crippen LogP contribution in [-0.4, -0.2) is 28.9 Å². The molecule has 0 spiro atoms. The highest BCUT2D eigenvalue weighted by atomic mass is 19.1. The molecule has 0 bridgehead atoms. The standard InChI is InChI=1S/C17H17FN4O/c1-23-10-14(19)17-15(11-6-8-20-9-7-11)16(21-22-17)12-2-4-13(18)5-3-12/h2-9,14H,10,19H2,1H3,(H,21,22)/t14-/m0/s1. The largest absolute Gasteiger partial charge is 0.383 e. The zero-order valence-electron chi connectivity index (χ0n) is 12.7. The van der Waals surface area contributed by atoms with E-state index in [1.807, 2.05) is 12.1 Å². The molecule has 0 aliphatic rings. The second-order valence-corrected chi connectivity index (χ2v) is 5.17. The Morgan fingerprint density at radius 3 is 2.48 bits per heavy atom. The molecule has 1 atom stereocenters. The summed E-state index contributed by atoms with van der Waals surface area (Å²) >= 11 is 0. The summed E-state index contributed by atoms with van der Waals surface area (Å²) < 4.78 is 18.3. The summed E-state index contributed by atoms with van der Waals surface area (Å²) in [6.07, 6.45) is 3.42. The van der Waals surface area contributed by atoms with Gasteiger partial charge < -0.3 is 10.5 Å². The normalized spacial score (nSPS) is 12.3. The number of nitrogens with two attached hydrogens (primary N) is 1. The molecule has 3 rings (SSSR count). The smallest absolute Gasteiger partial charge is 0.123 e. The number of H-pyrrole nitrogens is 1. The van der Waals surface area contributed by atoms with Crippen LogP contribution in [0, 0.1) is 5.82 Å². The molecule has 5 nitrogen and oxygen atoms in total. The molecule has 0 fully saturated rings. The Kier molecular flexibility index (Phi) is 4.45. The maximum atomic E-state index is 13.2. The molecule has 0 amide bonds. The van der Waals surface area contributed by atoms with Crippen LogP contribution in [0.5, 0.6) is 0 Å². The van der Waals surface area contributed by atoms with Crippen molar-refractivity contribution >= 4 is 0 Å². The highest BCUT2D eigenvalue weighted by molar-refractivity contribution is 5.82. The van der Waals surface area contributed by atoms with Gasteiger partial charge in [0.25, 0.3) is 0 Å². The first-order valence-corrected chi connectivity index (χ1v) is 7.20. The van der Waals surface area contributed by atoms with Crippen LogP contribution in [0.15, 0.2) is 48.8 Å². The number of methoxy groups -OCH3 is 1.